The normalized spacial score (nSPS) is 19.9. The van der Waals surface area contributed by atoms with Gasteiger partial charge in [0.2, 0.25) is 11.8 Å². The highest BCUT2D eigenvalue weighted by atomic mass is 16.2. The first-order chi connectivity index (χ1) is 9.72. The van der Waals surface area contributed by atoms with Gasteiger partial charge in [-0.25, -0.2) is 0 Å². The van der Waals surface area contributed by atoms with Gasteiger partial charge in [-0.1, -0.05) is 27.7 Å². The molecule has 116 valence electrons. The van der Waals surface area contributed by atoms with Gasteiger partial charge in [0.1, 0.15) is 12.6 Å². The first-order valence-corrected chi connectivity index (χ1v) is 7.32. The minimum absolute atomic E-state index is 0.0265. The van der Waals surface area contributed by atoms with Crippen LogP contribution in [0.4, 0.5) is 0 Å². The zero-order valence-corrected chi connectivity index (χ0v) is 13.4. The summed E-state index contributed by atoms with van der Waals surface area (Å²) in [4.78, 5) is 26.1. The molecule has 1 aromatic rings. The van der Waals surface area contributed by atoms with Gasteiger partial charge in [-0.2, -0.15) is 5.10 Å². The second-order valence-corrected chi connectivity index (χ2v) is 6.67. The maximum absolute atomic E-state index is 12.6. The van der Waals surface area contributed by atoms with E-state index in [1.807, 2.05) is 40.8 Å². The number of hydrogen-bond acceptors (Lipinski definition) is 3. The number of aromatic nitrogens is 2. The minimum Gasteiger partial charge on any atom is -0.342 e. The molecule has 2 heterocycles. The first-order valence-electron chi connectivity index (χ1n) is 7.32. The number of rotatable bonds is 3. The van der Waals surface area contributed by atoms with Crippen LogP contribution in [0.25, 0.3) is 0 Å². The topological polar surface area (TPSA) is 67.2 Å². The van der Waals surface area contributed by atoms with Crippen molar-refractivity contribution in [2.45, 2.75) is 46.7 Å². The van der Waals surface area contributed by atoms with Crippen LogP contribution in [0.15, 0.2) is 6.07 Å². The Morgan fingerprint density at radius 2 is 2.05 bits per heavy atom. The van der Waals surface area contributed by atoms with Crippen molar-refractivity contribution in [3.8, 4) is 0 Å². The summed E-state index contributed by atoms with van der Waals surface area (Å²) in [6.07, 6.45) is 0.854. The van der Waals surface area contributed by atoms with Crippen molar-refractivity contribution in [3.63, 3.8) is 0 Å². The number of nitrogens with one attached hydrogen (secondary N) is 1. The molecule has 0 spiro atoms. The van der Waals surface area contributed by atoms with Crippen molar-refractivity contribution in [2.75, 3.05) is 6.54 Å². The molecule has 6 nitrogen and oxygen atoms in total. The standard InChI is InChI=1S/C15H24N4O2/c1-6-10-7-11(18(5)17-10)8-19-9-12(20)16-13(14(19)21)15(2,3)4/h7,13H,6,8-9H2,1-5H3,(H,16,20). The molecule has 2 rings (SSSR count). The molecule has 1 unspecified atom stereocenters. The monoisotopic (exact) mass is 292 g/mol. The lowest BCUT2D eigenvalue weighted by Gasteiger charge is -2.38. The largest absolute Gasteiger partial charge is 0.342 e. The smallest absolute Gasteiger partial charge is 0.246 e. The fourth-order valence-corrected chi connectivity index (χ4v) is 2.51. The Balaban J connectivity index is 2.20. The Morgan fingerprint density at radius 1 is 1.38 bits per heavy atom. The van der Waals surface area contributed by atoms with Crippen molar-refractivity contribution in [2.24, 2.45) is 12.5 Å². The predicted octanol–water partition coefficient (Wildman–Crippen LogP) is 0.856. The predicted molar refractivity (Wildman–Crippen MR) is 79.4 cm³/mol. The molecule has 1 aliphatic heterocycles. The van der Waals surface area contributed by atoms with Crippen LogP contribution in [-0.4, -0.2) is 39.1 Å². The SMILES string of the molecule is CCc1cc(CN2CC(=O)NC(C(C)(C)C)C2=O)n(C)n1. The Bertz CT molecular complexity index is 557. The lowest BCUT2D eigenvalue weighted by molar-refractivity contribution is -0.148. The molecule has 21 heavy (non-hydrogen) atoms. The van der Waals surface area contributed by atoms with Gasteiger partial charge in [0, 0.05) is 7.05 Å². The van der Waals surface area contributed by atoms with E-state index in [4.69, 9.17) is 0 Å². The molecule has 1 N–H and O–H groups in total. The second kappa shape index (κ2) is 5.50. The lowest BCUT2D eigenvalue weighted by atomic mass is 9.85. The third-order valence-corrected chi connectivity index (χ3v) is 3.81. The highest BCUT2D eigenvalue weighted by molar-refractivity contribution is 5.95. The van der Waals surface area contributed by atoms with Gasteiger partial charge in [0.15, 0.2) is 0 Å². The van der Waals surface area contributed by atoms with E-state index in [1.54, 1.807) is 9.58 Å². The molecule has 2 amide bonds. The van der Waals surface area contributed by atoms with Crippen molar-refractivity contribution in [1.82, 2.24) is 20.0 Å². The number of hydrogen-bond donors (Lipinski definition) is 1. The number of nitrogens with zero attached hydrogens (tertiary/aromatic N) is 3. The summed E-state index contributed by atoms with van der Waals surface area (Å²) in [6.45, 7) is 8.44. The van der Waals surface area contributed by atoms with Gasteiger partial charge < -0.3 is 10.2 Å². The zero-order valence-electron chi connectivity index (χ0n) is 13.4. The number of carbonyl (C=O) groups is 2. The van der Waals surface area contributed by atoms with E-state index >= 15 is 0 Å². The van der Waals surface area contributed by atoms with Crippen LogP contribution in [0.3, 0.4) is 0 Å². The van der Waals surface area contributed by atoms with Crippen LogP contribution in [0.5, 0.6) is 0 Å². The average molecular weight is 292 g/mol. The van der Waals surface area contributed by atoms with Crippen molar-refractivity contribution in [1.29, 1.82) is 0 Å². The van der Waals surface area contributed by atoms with E-state index in [1.165, 1.54) is 0 Å². The number of aryl methyl sites for hydroxylation is 2. The number of piperazine rings is 1. The van der Waals surface area contributed by atoms with Crippen LogP contribution >= 0.6 is 0 Å². The van der Waals surface area contributed by atoms with Crippen LogP contribution in [-0.2, 0) is 29.6 Å². The van der Waals surface area contributed by atoms with Gasteiger partial charge in [0.05, 0.1) is 17.9 Å². The summed E-state index contributed by atoms with van der Waals surface area (Å²) < 4.78 is 1.78. The highest BCUT2D eigenvalue weighted by Gasteiger charge is 2.40. The van der Waals surface area contributed by atoms with E-state index in [0.29, 0.717) is 6.54 Å². The molecule has 1 fully saturated rings. The molecule has 0 aromatic carbocycles. The van der Waals surface area contributed by atoms with Gasteiger partial charge in [0.25, 0.3) is 0 Å². The first kappa shape index (κ1) is 15.5. The summed E-state index contributed by atoms with van der Waals surface area (Å²) in [5.41, 5.74) is 1.64. The van der Waals surface area contributed by atoms with Crippen LogP contribution in [0, 0.1) is 5.41 Å². The lowest BCUT2D eigenvalue weighted by Crippen LogP contribution is -2.61. The Hall–Kier alpha value is -1.85. The molecule has 1 atom stereocenters. The number of amides is 2. The summed E-state index contributed by atoms with van der Waals surface area (Å²) in [5, 5.41) is 7.18. The molecule has 0 bridgehead atoms. The second-order valence-electron chi connectivity index (χ2n) is 6.67. The van der Waals surface area contributed by atoms with Crippen LogP contribution in [0.1, 0.15) is 39.1 Å². The van der Waals surface area contributed by atoms with Crippen molar-refractivity contribution < 1.29 is 9.59 Å². The van der Waals surface area contributed by atoms with Crippen molar-refractivity contribution in [3.05, 3.63) is 17.5 Å². The third-order valence-electron chi connectivity index (χ3n) is 3.81. The average Bonchev–Trinajstić information content (AvgIpc) is 2.73. The fourth-order valence-electron chi connectivity index (χ4n) is 2.51. The highest BCUT2D eigenvalue weighted by Crippen LogP contribution is 2.24. The van der Waals surface area contributed by atoms with Crippen LogP contribution in [0.2, 0.25) is 0 Å². The Labute approximate surface area is 125 Å². The Morgan fingerprint density at radius 3 is 2.57 bits per heavy atom. The molecule has 1 aliphatic rings. The fraction of sp³-hybridized carbons (Fsp3) is 0.667. The molecule has 0 aliphatic carbocycles. The maximum Gasteiger partial charge on any atom is 0.246 e. The quantitative estimate of drug-likeness (QED) is 0.898. The molecule has 1 saturated heterocycles. The van der Waals surface area contributed by atoms with Gasteiger partial charge in [-0.15, -0.1) is 0 Å². The van der Waals surface area contributed by atoms with E-state index in [9.17, 15) is 9.59 Å². The molecule has 1 aromatic heterocycles. The van der Waals surface area contributed by atoms with E-state index in [2.05, 4.69) is 10.4 Å². The van der Waals surface area contributed by atoms with Gasteiger partial charge >= 0.3 is 0 Å². The van der Waals surface area contributed by atoms with Gasteiger partial charge in [-0.05, 0) is 17.9 Å². The molecular weight excluding hydrogens is 268 g/mol. The van der Waals surface area contributed by atoms with Crippen LogP contribution < -0.4 is 5.32 Å². The van der Waals surface area contributed by atoms with E-state index in [-0.39, 0.29) is 23.8 Å². The number of carbonyl (C=O) groups excluding carboxylic acids is 2. The summed E-state index contributed by atoms with van der Waals surface area (Å²) in [6, 6.07) is 1.52. The molecule has 0 saturated carbocycles. The molecular formula is C15H24N4O2. The summed E-state index contributed by atoms with van der Waals surface area (Å²) in [7, 11) is 1.87. The third kappa shape index (κ3) is 3.25. The van der Waals surface area contributed by atoms with Crippen molar-refractivity contribution >= 4 is 11.8 Å². The minimum atomic E-state index is -0.474. The Kier molecular flexibility index (Phi) is 4.07. The van der Waals surface area contributed by atoms with E-state index < -0.39 is 6.04 Å². The summed E-state index contributed by atoms with van der Waals surface area (Å²) >= 11 is 0. The van der Waals surface area contributed by atoms with Gasteiger partial charge in [-0.3, -0.25) is 14.3 Å². The summed E-state index contributed by atoms with van der Waals surface area (Å²) in [5.74, 6) is -0.131. The maximum atomic E-state index is 12.6. The zero-order chi connectivity index (χ0) is 15.8. The van der Waals surface area contributed by atoms with E-state index in [0.717, 1.165) is 17.8 Å². The molecule has 6 heteroatoms. The molecule has 0 radical (unpaired) electrons.